The predicted molar refractivity (Wildman–Crippen MR) is 170 cm³/mol. The normalized spacial score (nSPS) is 19.8. The van der Waals surface area contributed by atoms with Crippen LogP contribution >= 0.6 is 0 Å². The molecule has 0 spiro atoms. The first-order chi connectivity index (χ1) is 22.6. The maximum atomic E-state index is 12.3. The van der Waals surface area contributed by atoms with Crippen LogP contribution in [0, 0.1) is 0 Å². The molecule has 4 heterocycles. The van der Waals surface area contributed by atoms with Crippen LogP contribution in [0.5, 0.6) is 5.75 Å². The molecule has 6 N–H and O–H groups in total. The third kappa shape index (κ3) is 8.23. The number of carbonyl (C=O) groups is 1. The molecule has 4 atom stereocenters. The van der Waals surface area contributed by atoms with Gasteiger partial charge in [0.2, 0.25) is 0 Å². The van der Waals surface area contributed by atoms with E-state index in [4.69, 9.17) is 14.7 Å². The number of nitrogens with zero attached hydrogens (tertiary/aromatic N) is 7. The van der Waals surface area contributed by atoms with Crippen LogP contribution in [0.15, 0.2) is 36.8 Å². The third-order valence-corrected chi connectivity index (χ3v) is 8.63. The number of aromatic nitrogens is 7. The molecule has 1 aliphatic rings. The van der Waals surface area contributed by atoms with E-state index >= 15 is 0 Å². The van der Waals surface area contributed by atoms with Crippen molar-refractivity contribution in [3.63, 3.8) is 0 Å². The molecule has 1 aromatic carbocycles. The van der Waals surface area contributed by atoms with E-state index in [2.05, 4.69) is 46.0 Å². The summed E-state index contributed by atoms with van der Waals surface area (Å²) in [6, 6.07) is 5.04. The van der Waals surface area contributed by atoms with Crippen molar-refractivity contribution >= 4 is 33.2 Å². The van der Waals surface area contributed by atoms with E-state index in [1.807, 2.05) is 20.8 Å². The molecule has 1 saturated heterocycles. The number of anilines is 1. The predicted octanol–water partition coefficient (Wildman–Crippen LogP) is -1.40. The van der Waals surface area contributed by atoms with Crippen molar-refractivity contribution < 1.29 is 42.4 Å². The van der Waals surface area contributed by atoms with Crippen LogP contribution in [0.3, 0.4) is 0 Å². The van der Waals surface area contributed by atoms with E-state index in [1.165, 1.54) is 47.3 Å². The van der Waals surface area contributed by atoms with Crippen LogP contribution in [0.1, 0.15) is 63.8 Å². The number of para-hydroxylation sites is 1. The molecule has 0 bridgehead atoms. The topological polar surface area (TPSA) is 250 Å². The van der Waals surface area contributed by atoms with Crippen LogP contribution < -0.4 is 20.5 Å². The lowest BCUT2D eigenvalue weighted by molar-refractivity contribution is -0.894. The molecule has 48 heavy (non-hydrogen) atoms. The van der Waals surface area contributed by atoms with Gasteiger partial charge in [-0.1, -0.05) is 56.0 Å². The summed E-state index contributed by atoms with van der Waals surface area (Å²) in [6.45, 7) is 15.6. The molecule has 5 rings (SSSR count). The SMILES string of the molecule is CC(C)(C)c1cn(-c2nc(N)c3ncn([C@@H]4O[C@H](COS(=O)(=O)NC(=O)c5ccccc5[O-])[C@@H](O)[C@H]4O)c3n2)nn1.CC[NH+](CC)CC. The second-order valence-corrected chi connectivity index (χ2v) is 13.4. The number of nitrogens with two attached hydrogens (primary N) is 1. The summed E-state index contributed by atoms with van der Waals surface area (Å²) in [5.74, 6) is -1.80. The number of quaternary nitrogens is 1. The summed E-state index contributed by atoms with van der Waals surface area (Å²) in [7, 11) is -4.71. The zero-order valence-corrected chi connectivity index (χ0v) is 28.4. The number of benzene rings is 1. The van der Waals surface area contributed by atoms with E-state index in [0.29, 0.717) is 5.69 Å². The molecule has 18 nitrogen and oxygen atoms in total. The van der Waals surface area contributed by atoms with Gasteiger partial charge >= 0.3 is 10.3 Å². The van der Waals surface area contributed by atoms with Gasteiger partial charge in [-0.15, -0.1) is 5.10 Å². The molecule has 0 unspecified atom stereocenters. The fourth-order valence-electron chi connectivity index (χ4n) is 4.78. The fourth-order valence-corrected chi connectivity index (χ4v) is 5.49. The highest BCUT2D eigenvalue weighted by Gasteiger charge is 2.45. The zero-order chi connectivity index (χ0) is 35.4. The Balaban J connectivity index is 0.000000671. The Hall–Kier alpha value is -4.27. The Morgan fingerprint density at radius 2 is 1.79 bits per heavy atom. The van der Waals surface area contributed by atoms with Gasteiger partial charge in [0.15, 0.2) is 17.7 Å². The zero-order valence-electron chi connectivity index (χ0n) is 27.6. The monoisotopic (exact) mass is 690 g/mol. The molecule has 0 radical (unpaired) electrons. The van der Waals surface area contributed by atoms with E-state index in [-0.39, 0.29) is 28.3 Å². The lowest BCUT2D eigenvalue weighted by atomic mass is 9.93. The van der Waals surface area contributed by atoms with E-state index in [9.17, 15) is 28.5 Å². The van der Waals surface area contributed by atoms with E-state index in [0.717, 1.165) is 12.1 Å². The van der Waals surface area contributed by atoms with Gasteiger partial charge in [0, 0.05) is 11.0 Å². The number of imidazole rings is 1. The average molecular weight is 691 g/mol. The minimum Gasteiger partial charge on any atom is -0.872 e. The summed E-state index contributed by atoms with van der Waals surface area (Å²) in [6.07, 6.45) is -2.89. The molecule has 0 saturated carbocycles. The first-order valence-electron chi connectivity index (χ1n) is 15.4. The molecular weight excluding hydrogens is 648 g/mol. The average Bonchev–Trinajstić information content (AvgIpc) is 3.76. The lowest BCUT2D eigenvalue weighted by Gasteiger charge is -2.17. The number of rotatable bonds is 10. The number of amides is 1. The van der Waals surface area contributed by atoms with Crippen LogP contribution in [0.4, 0.5) is 5.82 Å². The lowest BCUT2D eigenvalue weighted by Crippen LogP contribution is -3.11. The smallest absolute Gasteiger partial charge is 0.362 e. The second-order valence-electron chi connectivity index (χ2n) is 12.1. The van der Waals surface area contributed by atoms with Crippen molar-refractivity contribution in [2.45, 2.75) is 71.5 Å². The van der Waals surface area contributed by atoms with Gasteiger partial charge in [-0.2, -0.15) is 23.1 Å². The highest BCUT2D eigenvalue weighted by Crippen LogP contribution is 2.33. The van der Waals surface area contributed by atoms with Crippen molar-refractivity contribution in [2.24, 2.45) is 0 Å². The van der Waals surface area contributed by atoms with Gasteiger partial charge in [-0.05, 0) is 20.8 Å². The molecule has 1 aliphatic heterocycles. The number of fused-ring (bicyclic) bond motifs is 1. The van der Waals surface area contributed by atoms with Crippen LogP contribution in [0.25, 0.3) is 17.1 Å². The van der Waals surface area contributed by atoms with Crippen LogP contribution in [-0.4, -0.2) is 104 Å². The highest BCUT2D eigenvalue weighted by molar-refractivity contribution is 7.85. The Labute approximate surface area is 277 Å². The molecule has 1 amide bonds. The van der Waals surface area contributed by atoms with Crippen molar-refractivity contribution in [1.29, 1.82) is 0 Å². The number of carbonyl (C=O) groups excluding carboxylic acids is 1. The molecule has 4 aromatic rings. The third-order valence-electron chi connectivity index (χ3n) is 7.75. The molecule has 19 heteroatoms. The quantitative estimate of drug-likeness (QED) is 0.128. The van der Waals surface area contributed by atoms with Gasteiger partial charge < -0.3 is 30.7 Å². The van der Waals surface area contributed by atoms with Gasteiger partial charge in [0.25, 0.3) is 11.9 Å². The van der Waals surface area contributed by atoms with E-state index < -0.39 is 58.7 Å². The summed E-state index contributed by atoms with van der Waals surface area (Å²) >= 11 is 0. The number of nitrogens with one attached hydrogen (secondary N) is 2. The van der Waals surface area contributed by atoms with Crippen molar-refractivity contribution in [3.05, 3.63) is 48.0 Å². The van der Waals surface area contributed by atoms with Crippen molar-refractivity contribution in [2.75, 3.05) is 32.0 Å². The molecule has 1 fully saturated rings. The summed E-state index contributed by atoms with van der Waals surface area (Å²) in [4.78, 5) is 26.7. The largest absolute Gasteiger partial charge is 0.872 e. The Kier molecular flexibility index (Phi) is 11.3. The fraction of sp³-hybridized carbons (Fsp3) is 0.517. The number of hydrogen-bond acceptors (Lipinski definition) is 14. The minimum absolute atomic E-state index is 0.00552. The number of hydrogen-bond donors (Lipinski definition) is 5. The number of aliphatic hydroxyl groups is 2. The van der Waals surface area contributed by atoms with Gasteiger partial charge in [0.1, 0.15) is 23.8 Å². The van der Waals surface area contributed by atoms with E-state index in [1.54, 1.807) is 15.8 Å². The molecule has 3 aromatic heterocycles. The number of aliphatic hydroxyl groups excluding tert-OH is 2. The maximum Gasteiger partial charge on any atom is 0.362 e. The molecule has 262 valence electrons. The Morgan fingerprint density at radius 3 is 2.38 bits per heavy atom. The summed E-state index contributed by atoms with van der Waals surface area (Å²) < 4.78 is 39.4. The molecular formula is C29H42N10O8S. The highest BCUT2D eigenvalue weighted by atomic mass is 32.2. The van der Waals surface area contributed by atoms with Crippen molar-refractivity contribution in [3.8, 4) is 11.7 Å². The Morgan fingerprint density at radius 1 is 1.12 bits per heavy atom. The standard InChI is InChI=1S/C23H27N9O8S.C6H15N/c1-23(2,3)14-8-32(30-28-14)22-26-18(24)15-19(27-22)31(10-25-15)21-17(35)16(34)13(40-21)9-39-41(37,38)29-20(36)11-6-4-5-7-12(11)33;1-4-7(5-2)6-3/h4-8,10,13,16-17,21,33-35H,9H2,1-3H3,(H,29,36)(H2,24,26,27);4-6H2,1-3H3/t13-,16-,17-,21-;/m1./s1. The van der Waals surface area contributed by atoms with Crippen molar-refractivity contribution in [1.82, 2.24) is 39.2 Å². The van der Waals surface area contributed by atoms with Crippen LogP contribution in [0.2, 0.25) is 0 Å². The van der Waals surface area contributed by atoms with Gasteiger partial charge in [-0.25, -0.2) is 9.71 Å². The maximum absolute atomic E-state index is 12.3. The minimum atomic E-state index is -4.71. The van der Waals surface area contributed by atoms with Crippen LogP contribution in [-0.2, 0) is 24.6 Å². The Bertz CT molecular complexity index is 1810. The second kappa shape index (κ2) is 14.9. The summed E-state index contributed by atoms with van der Waals surface area (Å²) in [5.41, 5.74) is 6.39. The van der Waals surface area contributed by atoms with Gasteiger partial charge in [0.05, 0.1) is 44.5 Å². The number of nitrogen functional groups attached to an aromatic ring is 1. The first-order valence-corrected chi connectivity index (χ1v) is 16.8. The molecule has 0 aliphatic carbocycles. The first kappa shape index (κ1) is 36.6. The number of ether oxygens (including phenoxy) is 1. The summed E-state index contributed by atoms with van der Waals surface area (Å²) in [5, 5.41) is 41.3. The van der Waals surface area contributed by atoms with Gasteiger partial charge in [-0.3, -0.25) is 13.5 Å².